The monoisotopic (exact) mass is 398 g/mol. The van der Waals surface area contributed by atoms with Crippen molar-refractivity contribution in [2.24, 2.45) is 5.92 Å². The maximum Gasteiger partial charge on any atom is 0.305 e. The Morgan fingerprint density at radius 1 is 0.964 bits per heavy atom. The predicted molar refractivity (Wildman–Crippen MR) is 119 cm³/mol. The maximum absolute atomic E-state index is 11.7. The highest BCUT2D eigenvalue weighted by Gasteiger charge is 2.50. The third-order valence-corrected chi connectivity index (χ3v) is 10.2. The number of rotatable bonds is 9. The van der Waals surface area contributed by atoms with E-state index < -0.39 is 8.32 Å². The van der Waals surface area contributed by atoms with Gasteiger partial charge in [0.15, 0.2) is 0 Å². The lowest BCUT2D eigenvalue weighted by molar-refractivity contribution is -0.143. The Labute approximate surface area is 171 Å². The van der Waals surface area contributed by atoms with Crippen molar-refractivity contribution in [3.8, 4) is 0 Å². The molecule has 0 saturated heterocycles. The molecule has 4 heteroatoms. The first-order chi connectivity index (χ1) is 13.3. The van der Waals surface area contributed by atoms with Crippen molar-refractivity contribution in [3.63, 3.8) is 0 Å². The van der Waals surface area contributed by atoms with Crippen LogP contribution in [0.5, 0.6) is 0 Å². The van der Waals surface area contributed by atoms with Gasteiger partial charge in [0.05, 0.1) is 6.61 Å². The lowest BCUT2D eigenvalue weighted by Gasteiger charge is -2.43. The molecule has 0 aliphatic carbocycles. The van der Waals surface area contributed by atoms with Crippen LogP contribution in [0.1, 0.15) is 47.5 Å². The van der Waals surface area contributed by atoms with Crippen LogP contribution in [0.15, 0.2) is 60.7 Å². The standard InChI is InChI=1S/C24H34O3Si/c1-6-26-23(25)18-17-20(2)19-27-28(24(3,4)5,21-13-9-7-10-14-21)22-15-11-8-12-16-22/h7-16,20H,6,17-19H2,1-5H3. The molecule has 1 unspecified atom stereocenters. The van der Waals surface area contributed by atoms with Crippen molar-refractivity contribution < 1.29 is 14.0 Å². The van der Waals surface area contributed by atoms with Crippen LogP contribution >= 0.6 is 0 Å². The number of hydrogen-bond acceptors (Lipinski definition) is 3. The first kappa shape index (κ1) is 22.4. The molecule has 2 aromatic rings. The molecule has 1 atom stereocenters. The highest BCUT2D eigenvalue weighted by Crippen LogP contribution is 2.37. The second kappa shape index (κ2) is 10.0. The molecule has 0 aromatic heterocycles. The van der Waals surface area contributed by atoms with Crippen molar-refractivity contribution in [3.05, 3.63) is 60.7 Å². The molecule has 0 fully saturated rings. The summed E-state index contributed by atoms with van der Waals surface area (Å²) in [7, 11) is -2.50. The molecule has 0 heterocycles. The molecule has 3 nitrogen and oxygen atoms in total. The largest absolute Gasteiger partial charge is 0.466 e. The zero-order valence-corrected chi connectivity index (χ0v) is 18.9. The van der Waals surface area contributed by atoms with Crippen LogP contribution < -0.4 is 10.4 Å². The second-order valence-electron chi connectivity index (χ2n) is 8.42. The molecule has 0 bridgehead atoms. The van der Waals surface area contributed by atoms with Gasteiger partial charge in [0, 0.05) is 13.0 Å². The average molecular weight is 399 g/mol. The summed E-state index contributed by atoms with van der Waals surface area (Å²) < 4.78 is 12.0. The minimum atomic E-state index is -2.50. The summed E-state index contributed by atoms with van der Waals surface area (Å²) in [6.45, 7) is 11.9. The molecular formula is C24H34O3Si. The Bertz CT molecular complexity index is 683. The first-order valence-corrected chi connectivity index (χ1v) is 12.1. The van der Waals surface area contributed by atoms with E-state index in [0.29, 0.717) is 19.6 Å². The first-order valence-electron chi connectivity index (χ1n) is 10.2. The van der Waals surface area contributed by atoms with Gasteiger partial charge >= 0.3 is 5.97 Å². The summed E-state index contributed by atoms with van der Waals surface area (Å²) in [6, 6.07) is 21.3. The van der Waals surface area contributed by atoms with E-state index in [2.05, 4.69) is 88.4 Å². The topological polar surface area (TPSA) is 35.5 Å². The molecular weight excluding hydrogens is 364 g/mol. The fourth-order valence-electron chi connectivity index (χ4n) is 3.71. The van der Waals surface area contributed by atoms with Gasteiger partial charge in [-0.05, 0) is 34.7 Å². The van der Waals surface area contributed by atoms with Gasteiger partial charge in [0.1, 0.15) is 0 Å². The highest BCUT2D eigenvalue weighted by atomic mass is 28.4. The van der Waals surface area contributed by atoms with Gasteiger partial charge in [-0.1, -0.05) is 88.4 Å². The van der Waals surface area contributed by atoms with E-state index in [1.807, 2.05) is 6.92 Å². The van der Waals surface area contributed by atoms with Gasteiger partial charge < -0.3 is 9.16 Å². The Hall–Kier alpha value is -1.91. The predicted octanol–water partition coefficient (Wildman–Crippen LogP) is 4.54. The maximum atomic E-state index is 11.7. The fraction of sp³-hybridized carbons (Fsp3) is 0.458. The van der Waals surface area contributed by atoms with Crippen molar-refractivity contribution in [1.29, 1.82) is 0 Å². The Kier molecular flexibility index (Phi) is 8.02. The van der Waals surface area contributed by atoms with Crippen LogP contribution in [0.2, 0.25) is 5.04 Å². The zero-order valence-electron chi connectivity index (χ0n) is 17.9. The Morgan fingerprint density at radius 3 is 1.89 bits per heavy atom. The molecule has 0 N–H and O–H groups in total. The normalized spacial score (nSPS) is 13.2. The summed E-state index contributed by atoms with van der Waals surface area (Å²) in [5.74, 6) is 0.158. The second-order valence-corrected chi connectivity index (χ2v) is 12.7. The van der Waals surface area contributed by atoms with E-state index in [9.17, 15) is 4.79 Å². The van der Waals surface area contributed by atoms with Crippen LogP contribution in [-0.4, -0.2) is 27.5 Å². The lowest BCUT2D eigenvalue weighted by Crippen LogP contribution is -2.66. The number of hydrogen-bond donors (Lipinski definition) is 0. The number of esters is 1. The Balaban J connectivity index is 2.30. The van der Waals surface area contributed by atoms with Gasteiger partial charge in [-0.15, -0.1) is 0 Å². The minimum Gasteiger partial charge on any atom is -0.466 e. The van der Waals surface area contributed by atoms with Crippen LogP contribution in [0.4, 0.5) is 0 Å². The number of benzene rings is 2. The van der Waals surface area contributed by atoms with Crippen molar-refractivity contribution in [1.82, 2.24) is 0 Å². The molecule has 0 aliphatic rings. The SMILES string of the molecule is CCOC(=O)CCC(C)CO[Si](c1ccccc1)(c1ccccc1)C(C)(C)C. The van der Waals surface area contributed by atoms with Gasteiger partial charge in [-0.2, -0.15) is 0 Å². The van der Waals surface area contributed by atoms with E-state index >= 15 is 0 Å². The molecule has 28 heavy (non-hydrogen) atoms. The smallest absolute Gasteiger partial charge is 0.305 e. The lowest BCUT2D eigenvalue weighted by atomic mass is 10.1. The van der Waals surface area contributed by atoms with E-state index in [1.54, 1.807) is 0 Å². The molecule has 2 rings (SSSR count). The molecule has 0 amide bonds. The van der Waals surface area contributed by atoms with E-state index in [0.717, 1.165) is 6.42 Å². The molecule has 2 aromatic carbocycles. The summed E-state index contributed by atoms with van der Waals surface area (Å²) in [5.41, 5.74) is 0. The van der Waals surface area contributed by atoms with Crippen LogP contribution in [0.25, 0.3) is 0 Å². The summed E-state index contributed by atoms with van der Waals surface area (Å²) >= 11 is 0. The van der Waals surface area contributed by atoms with Crippen molar-refractivity contribution in [2.75, 3.05) is 13.2 Å². The van der Waals surface area contributed by atoms with Crippen LogP contribution in [0.3, 0.4) is 0 Å². The fourth-order valence-corrected chi connectivity index (χ4v) is 8.40. The summed E-state index contributed by atoms with van der Waals surface area (Å²) in [5, 5.41) is 2.54. The molecule has 0 aliphatic heterocycles. The van der Waals surface area contributed by atoms with Gasteiger partial charge in [-0.25, -0.2) is 0 Å². The van der Waals surface area contributed by atoms with Gasteiger partial charge in [0.2, 0.25) is 0 Å². The third-order valence-electron chi connectivity index (χ3n) is 5.15. The molecule has 152 valence electrons. The van der Waals surface area contributed by atoms with Crippen molar-refractivity contribution >= 4 is 24.7 Å². The third kappa shape index (κ3) is 5.33. The van der Waals surface area contributed by atoms with E-state index in [1.165, 1.54) is 10.4 Å². The van der Waals surface area contributed by atoms with Crippen LogP contribution in [0, 0.1) is 5.92 Å². The van der Waals surface area contributed by atoms with E-state index in [4.69, 9.17) is 9.16 Å². The van der Waals surface area contributed by atoms with Gasteiger partial charge in [0.25, 0.3) is 8.32 Å². The molecule has 0 radical (unpaired) electrons. The van der Waals surface area contributed by atoms with Gasteiger partial charge in [-0.3, -0.25) is 4.79 Å². The summed E-state index contributed by atoms with van der Waals surface area (Å²) in [6.07, 6.45) is 1.22. The zero-order chi connectivity index (χ0) is 20.6. The number of ether oxygens (including phenoxy) is 1. The molecule has 0 spiro atoms. The van der Waals surface area contributed by atoms with Crippen molar-refractivity contribution in [2.45, 2.75) is 52.5 Å². The number of carbonyl (C=O) groups excluding carboxylic acids is 1. The van der Waals surface area contributed by atoms with Crippen LogP contribution in [-0.2, 0) is 14.0 Å². The summed E-state index contributed by atoms with van der Waals surface area (Å²) in [4.78, 5) is 11.7. The Morgan fingerprint density at radius 2 is 1.46 bits per heavy atom. The molecule has 0 saturated carbocycles. The quantitative estimate of drug-likeness (QED) is 0.459. The number of carbonyl (C=O) groups is 1. The average Bonchev–Trinajstić information content (AvgIpc) is 2.68. The van der Waals surface area contributed by atoms with E-state index in [-0.39, 0.29) is 16.9 Å². The minimum absolute atomic E-state index is 0.0312. The highest BCUT2D eigenvalue weighted by molar-refractivity contribution is 6.99.